The molecule has 2 N–H and O–H groups in total. The third-order valence-electron chi connectivity index (χ3n) is 5.12. The van der Waals surface area contributed by atoms with Crippen LogP contribution in [0, 0.1) is 6.92 Å². The van der Waals surface area contributed by atoms with Crippen LogP contribution in [0.5, 0.6) is 0 Å². The predicted molar refractivity (Wildman–Crippen MR) is 122 cm³/mol. The zero-order valence-corrected chi connectivity index (χ0v) is 17.7. The van der Waals surface area contributed by atoms with Crippen LogP contribution in [0.15, 0.2) is 78.9 Å². The van der Waals surface area contributed by atoms with Crippen molar-refractivity contribution in [2.24, 2.45) is 0 Å². The van der Waals surface area contributed by atoms with Crippen LogP contribution >= 0.6 is 0 Å². The molecule has 1 atom stereocenters. The van der Waals surface area contributed by atoms with E-state index < -0.39 is 6.04 Å². The van der Waals surface area contributed by atoms with E-state index in [-0.39, 0.29) is 18.2 Å². The Morgan fingerprint density at radius 3 is 2.10 bits per heavy atom. The molecular weight excluding hydrogens is 372 g/mol. The van der Waals surface area contributed by atoms with Gasteiger partial charge in [0.05, 0.1) is 12.5 Å². The van der Waals surface area contributed by atoms with Crippen LogP contribution in [-0.2, 0) is 4.79 Å². The van der Waals surface area contributed by atoms with Gasteiger partial charge >= 0.3 is 0 Å². The highest BCUT2D eigenvalue weighted by Gasteiger charge is 2.20. The summed E-state index contributed by atoms with van der Waals surface area (Å²) in [5.41, 5.74) is 4.45. The molecule has 4 heteroatoms. The maximum atomic E-state index is 13.0. The molecule has 0 bridgehead atoms. The van der Waals surface area contributed by atoms with Crippen molar-refractivity contribution >= 4 is 17.5 Å². The Labute approximate surface area is 178 Å². The average Bonchev–Trinajstić information content (AvgIpc) is 2.75. The van der Waals surface area contributed by atoms with Crippen molar-refractivity contribution in [3.63, 3.8) is 0 Å². The van der Waals surface area contributed by atoms with Crippen molar-refractivity contribution in [3.8, 4) is 0 Å². The fraction of sp³-hybridized carbons (Fsp3) is 0.231. The Kier molecular flexibility index (Phi) is 7.02. The van der Waals surface area contributed by atoms with E-state index in [0.29, 0.717) is 11.5 Å². The number of aryl methyl sites for hydroxylation is 1. The first-order chi connectivity index (χ1) is 14.5. The van der Waals surface area contributed by atoms with Crippen LogP contribution in [0.4, 0.5) is 5.69 Å². The van der Waals surface area contributed by atoms with Crippen molar-refractivity contribution in [2.45, 2.75) is 39.2 Å². The standard InChI is InChI=1S/C26H28N2O2/c1-18(2)22-16-10-11-19(3)25(22)28-24(29)17-23(20-12-6-4-7-13-20)27-26(30)21-14-8-5-9-15-21/h4-16,18,23H,17H2,1-3H3,(H,27,30)(H,28,29)/t23-/m0/s1. The third-order valence-corrected chi connectivity index (χ3v) is 5.12. The molecule has 0 saturated heterocycles. The van der Waals surface area contributed by atoms with Crippen molar-refractivity contribution in [3.05, 3.63) is 101 Å². The van der Waals surface area contributed by atoms with E-state index >= 15 is 0 Å². The minimum absolute atomic E-state index is 0.131. The number of carbonyl (C=O) groups is 2. The monoisotopic (exact) mass is 400 g/mol. The number of amides is 2. The van der Waals surface area contributed by atoms with Crippen LogP contribution in [0.1, 0.15) is 59.3 Å². The number of benzene rings is 3. The number of para-hydroxylation sites is 1. The van der Waals surface area contributed by atoms with Gasteiger partial charge in [-0.25, -0.2) is 0 Å². The number of carbonyl (C=O) groups excluding carboxylic acids is 2. The molecule has 0 radical (unpaired) electrons. The number of hydrogen-bond acceptors (Lipinski definition) is 2. The average molecular weight is 401 g/mol. The molecule has 0 saturated carbocycles. The van der Waals surface area contributed by atoms with Gasteiger partial charge in [-0.1, -0.05) is 80.6 Å². The van der Waals surface area contributed by atoms with E-state index in [1.54, 1.807) is 12.1 Å². The summed E-state index contributed by atoms with van der Waals surface area (Å²) < 4.78 is 0. The normalized spacial score (nSPS) is 11.7. The summed E-state index contributed by atoms with van der Waals surface area (Å²) in [6.07, 6.45) is 0.147. The highest BCUT2D eigenvalue weighted by Crippen LogP contribution is 2.28. The molecule has 0 aromatic heterocycles. The summed E-state index contributed by atoms with van der Waals surface area (Å²) in [6.45, 7) is 6.21. The van der Waals surface area contributed by atoms with Crippen LogP contribution in [0.2, 0.25) is 0 Å². The summed E-state index contributed by atoms with van der Waals surface area (Å²) in [5, 5.41) is 6.10. The molecule has 3 aromatic rings. The van der Waals surface area contributed by atoms with Gasteiger partial charge in [-0.15, -0.1) is 0 Å². The first-order valence-corrected chi connectivity index (χ1v) is 10.3. The molecule has 0 fully saturated rings. The summed E-state index contributed by atoms with van der Waals surface area (Å²) >= 11 is 0. The van der Waals surface area contributed by atoms with Crippen molar-refractivity contribution < 1.29 is 9.59 Å². The number of nitrogens with one attached hydrogen (secondary N) is 2. The van der Waals surface area contributed by atoms with Gasteiger partial charge in [0.15, 0.2) is 0 Å². The SMILES string of the molecule is Cc1cccc(C(C)C)c1NC(=O)C[C@H](NC(=O)c1ccccc1)c1ccccc1. The van der Waals surface area contributed by atoms with E-state index in [9.17, 15) is 9.59 Å². The van der Waals surface area contributed by atoms with Gasteiger partial charge in [0.1, 0.15) is 0 Å². The van der Waals surface area contributed by atoms with E-state index in [4.69, 9.17) is 0 Å². The van der Waals surface area contributed by atoms with E-state index in [1.165, 1.54) is 0 Å². The molecule has 0 aliphatic carbocycles. The molecule has 0 heterocycles. The lowest BCUT2D eigenvalue weighted by Gasteiger charge is -2.21. The maximum absolute atomic E-state index is 13.0. The third kappa shape index (κ3) is 5.35. The summed E-state index contributed by atoms with van der Waals surface area (Å²) in [7, 11) is 0. The van der Waals surface area contributed by atoms with Gasteiger partial charge in [-0.2, -0.15) is 0 Å². The topological polar surface area (TPSA) is 58.2 Å². The van der Waals surface area contributed by atoms with Gasteiger partial charge < -0.3 is 10.6 Å². The lowest BCUT2D eigenvalue weighted by molar-refractivity contribution is -0.116. The van der Waals surface area contributed by atoms with Crippen molar-refractivity contribution in [1.82, 2.24) is 5.32 Å². The molecule has 0 spiro atoms. The van der Waals surface area contributed by atoms with Gasteiger partial charge in [-0.05, 0) is 41.7 Å². The van der Waals surface area contributed by atoms with E-state index in [2.05, 4.69) is 24.5 Å². The molecule has 0 unspecified atom stereocenters. The Morgan fingerprint density at radius 2 is 1.47 bits per heavy atom. The molecular formula is C26H28N2O2. The maximum Gasteiger partial charge on any atom is 0.251 e. The van der Waals surface area contributed by atoms with Gasteiger partial charge in [0.2, 0.25) is 5.91 Å². The molecule has 3 aromatic carbocycles. The van der Waals surface area contributed by atoms with Crippen LogP contribution in [0.3, 0.4) is 0 Å². The second kappa shape index (κ2) is 9.88. The number of anilines is 1. The van der Waals surface area contributed by atoms with Crippen molar-refractivity contribution in [1.29, 1.82) is 0 Å². The molecule has 0 aliphatic heterocycles. The molecule has 30 heavy (non-hydrogen) atoms. The predicted octanol–water partition coefficient (Wildman–Crippen LogP) is 5.62. The summed E-state index contributed by atoms with van der Waals surface area (Å²) in [4.78, 5) is 25.7. The fourth-order valence-electron chi connectivity index (χ4n) is 3.49. The quantitative estimate of drug-likeness (QED) is 0.541. The molecule has 2 amide bonds. The molecule has 3 rings (SSSR count). The second-order valence-corrected chi connectivity index (χ2v) is 7.75. The smallest absolute Gasteiger partial charge is 0.251 e. The first kappa shape index (κ1) is 21.3. The largest absolute Gasteiger partial charge is 0.345 e. The minimum atomic E-state index is -0.426. The Balaban J connectivity index is 1.80. The van der Waals surface area contributed by atoms with Crippen molar-refractivity contribution in [2.75, 3.05) is 5.32 Å². The van der Waals surface area contributed by atoms with Crippen LogP contribution in [-0.4, -0.2) is 11.8 Å². The van der Waals surface area contributed by atoms with E-state index in [1.807, 2.05) is 73.7 Å². The molecule has 4 nitrogen and oxygen atoms in total. The second-order valence-electron chi connectivity index (χ2n) is 7.75. The Morgan fingerprint density at radius 1 is 0.833 bits per heavy atom. The zero-order chi connectivity index (χ0) is 21.5. The number of hydrogen-bond donors (Lipinski definition) is 2. The zero-order valence-electron chi connectivity index (χ0n) is 17.7. The van der Waals surface area contributed by atoms with Gasteiger partial charge in [-0.3, -0.25) is 9.59 Å². The lowest BCUT2D eigenvalue weighted by Crippen LogP contribution is -2.31. The highest BCUT2D eigenvalue weighted by molar-refractivity contribution is 5.96. The van der Waals surface area contributed by atoms with Crippen LogP contribution < -0.4 is 10.6 Å². The number of rotatable bonds is 7. The summed E-state index contributed by atoms with van der Waals surface area (Å²) in [5.74, 6) is -0.0349. The van der Waals surface area contributed by atoms with Gasteiger partial charge in [0.25, 0.3) is 5.91 Å². The Hall–Kier alpha value is -3.40. The molecule has 154 valence electrons. The lowest BCUT2D eigenvalue weighted by atomic mass is 9.97. The Bertz CT molecular complexity index is 998. The summed E-state index contributed by atoms with van der Waals surface area (Å²) in [6, 6.07) is 24.3. The van der Waals surface area contributed by atoms with E-state index in [0.717, 1.165) is 22.4 Å². The van der Waals surface area contributed by atoms with Gasteiger partial charge in [0, 0.05) is 11.3 Å². The minimum Gasteiger partial charge on any atom is -0.345 e. The fourth-order valence-corrected chi connectivity index (χ4v) is 3.49. The first-order valence-electron chi connectivity index (χ1n) is 10.3. The highest BCUT2D eigenvalue weighted by atomic mass is 16.2. The molecule has 0 aliphatic rings. The van der Waals surface area contributed by atoms with Crippen LogP contribution in [0.25, 0.3) is 0 Å².